The van der Waals surface area contributed by atoms with E-state index in [4.69, 9.17) is 27.2 Å². The topological polar surface area (TPSA) is 93.3 Å². The van der Waals surface area contributed by atoms with Gasteiger partial charge < -0.3 is 20.9 Å². The maximum absolute atomic E-state index is 8.48. The number of hydrogen-bond donors (Lipinski definition) is 3. The molecule has 1 rings (SSSR count). The lowest BCUT2D eigenvalue weighted by molar-refractivity contribution is 0.0922. The number of nitrogens with two attached hydrogens (primary N) is 1. The molecule has 0 aliphatic rings. The van der Waals surface area contributed by atoms with Crippen LogP contribution in [-0.4, -0.2) is 41.4 Å². The molecule has 0 aliphatic carbocycles. The number of aliphatic hydroxyl groups is 1. The zero-order chi connectivity index (χ0) is 11.8. The predicted molar refractivity (Wildman–Crippen MR) is 62.5 cm³/mol. The molecule has 7 heteroatoms. The second-order valence-electron chi connectivity index (χ2n) is 3.04. The molecule has 0 aliphatic heterocycles. The summed E-state index contributed by atoms with van der Waals surface area (Å²) < 4.78 is 5.09. The van der Waals surface area contributed by atoms with E-state index in [0.717, 1.165) is 6.42 Å². The number of rotatable bonds is 7. The van der Waals surface area contributed by atoms with Gasteiger partial charge in [-0.2, -0.15) is 0 Å². The van der Waals surface area contributed by atoms with Crippen LogP contribution in [0.1, 0.15) is 6.42 Å². The molecule has 1 aromatic heterocycles. The summed E-state index contributed by atoms with van der Waals surface area (Å²) in [6.07, 6.45) is 2.14. The lowest BCUT2D eigenvalue weighted by atomic mass is 10.4. The van der Waals surface area contributed by atoms with Crippen molar-refractivity contribution in [1.29, 1.82) is 0 Å². The number of nitrogen functional groups attached to an aromatic ring is 1. The monoisotopic (exact) mass is 246 g/mol. The normalized spacial score (nSPS) is 10.4. The van der Waals surface area contributed by atoms with Crippen LogP contribution in [0, 0.1) is 0 Å². The predicted octanol–water partition coefficient (Wildman–Crippen LogP) is 0.523. The van der Waals surface area contributed by atoms with Crippen LogP contribution in [0.5, 0.6) is 0 Å². The minimum Gasteiger partial charge on any atom is -0.394 e. The van der Waals surface area contributed by atoms with Gasteiger partial charge >= 0.3 is 0 Å². The molecule has 90 valence electrons. The van der Waals surface area contributed by atoms with Crippen molar-refractivity contribution in [3.8, 4) is 0 Å². The lowest BCUT2D eigenvalue weighted by Crippen LogP contribution is -2.09. The summed E-state index contributed by atoms with van der Waals surface area (Å²) in [5.74, 6) is 0.784. The Labute approximate surface area is 98.8 Å². The van der Waals surface area contributed by atoms with Crippen molar-refractivity contribution in [2.75, 3.05) is 37.4 Å². The fraction of sp³-hybridized carbons (Fsp3) is 0.556. The highest BCUT2D eigenvalue weighted by Crippen LogP contribution is 2.22. The average Bonchev–Trinajstić information content (AvgIpc) is 2.29. The van der Waals surface area contributed by atoms with E-state index < -0.39 is 0 Å². The van der Waals surface area contributed by atoms with E-state index in [-0.39, 0.29) is 12.4 Å². The quantitative estimate of drug-likeness (QED) is 0.608. The first-order chi connectivity index (χ1) is 7.75. The van der Waals surface area contributed by atoms with E-state index >= 15 is 0 Å². The van der Waals surface area contributed by atoms with Gasteiger partial charge in [-0.3, -0.25) is 0 Å². The fourth-order valence-corrected chi connectivity index (χ4v) is 1.22. The van der Waals surface area contributed by atoms with Gasteiger partial charge in [-0.05, 0) is 6.42 Å². The van der Waals surface area contributed by atoms with Crippen LogP contribution in [0.4, 0.5) is 11.6 Å². The summed E-state index contributed by atoms with van der Waals surface area (Å²) in [7, 11) is 0. The Morgan fingerprint density at radius 2 is 2.25 bits per heavy atom. The number of aromatic nitrogens is 2. The van der Waals surface area contributed by atoms with Gasteiger partial charge in [0, 0.05) is 13.2 Å². The SMILES string of the molecule is Nc1ncnc(NCCCOCCO)c1Cl. The van der Waals surface area contributed by atoms with Crippen LogP contribution in [0.3, 0.4) is 0 Å². The van der Waals surface area contributed by atoms with Gasteiger partial charge in [0.05, 0.1) is 13.2 Å². The zero-order valence-corrected chi connectivity index (χ0v) is 9.57. The molecule has 1 aromatic rings. The van der Waals surface area contributed by atoms with E-state index in [1.54, 1.807) is 0 Å². The highest BCUT2D eigenvalue weighted by molar-refractivity contribution is 6.35. The standard InChI is InChI=1S/C9H15ClN4O2/c10-7-8(11)13-6-14-9(7)12-2-1-4-16-5-3-15/h6,15H,1-5H2,(H3,11,12,13,14). The van der Waals surface area contributed by atoms with E-state index in [1.165, 1.54) is 6.33 Å². The molecule has 0 spiro atoms. The highest BCUT2D eigenvalue weighted by atomic mass is 35.5. The van der Waals surface area contributed by atoms with Crippen molar-refractivity contribution in [1.82, 2.24) is 9.97 Å². The number of nitrogens with one attached hydrogen (secondary N) is 1. The van der Waals surface area contributed by atoms with Gasteiger partial charge in [-0.15, -0.1) is 0 Å². The summed E-state index contributed by atoms with van der Waals surface area (Å²) in [6, 6.07) is 0. The number of aliphatic hydroxyl groups excluding tert-OH is 1. The van der Waals surface area contributed by atoms with Gasteiger partial charge in [0.25, 0.3) is 0 Å². The molecule has 0 amide bonds. The smallest absolute Gasteiger partial charge is 0.150 e. The number of hydrogen-bond acceptors (Lipinski definition) is 6. The van der Waals surface area contributed by atoms with E-state index in [9.17, 15) is 0 Å². The lowest BCUT2D eigenvalue weighted by Gasteiger charge is -2.07. The number of halogens is 1. The zero-order valence-electron chi connectivity index (χ0n) is 8.82. The Bertz CT molecular complexity index is 324. The minimum atomic E-state index is 0.0434. The first kappa shape index (κ1) is 13.0. The number of nitrogens with zero attached hydrogens (tertiary/aromatic N) is 2. The second-order valence-corrected chi connectivity index (χ2v) is 3.42. The van der Waals surface area contributed by atoms with Crippen molar-refractivity contribution in [3.63, 3.8) is 0 Å². The van der Waals surface area contributed by atoms with Crippen LogP contribution >= 0.6 is 11.6 Å². The molecule has 0 atom stereocenters. The first-order valence-electron chi connectivity index (χ1n) is 4.94. The van der Waals surface area contributed by atoms with Crippen LogP contribution in [-0.2, 0) is 4.74 Å². The number of ether oxygens (including phenoxy) is 1. The molecule has 0 saturated heterocycles. The molecule has 1 heterocycles. The van der Waals surface area contributed by atoms with Gasteiger partial charge in [-0.25, -0.2) is 9.97 Å². The van der Waals surface area contributed by atoms with Gasteiger partial charge in [-0.1, -0.05) is 11.6 Å². The first-order valence-corrected chi connectivity index (χ1v) is 5.32. The van der Waals surface area contributed by atoms with Crippen LogP contribution < -0.4 is 11.1 Å². The second kappa shape index (κ2) is 7.21. The van der Waals surface area contributed by atoms with Crippen molar-refractivity contribution in [3.05, 3.63) is 11.3 Å². The summed E-state index contributed by atoms with van der Waals surface area (Å²) in [4.78, 5) is 7.71. The minimum absolute atomic E-state index is 0.0434. The fourth-order valence-electron chi connectivity index (χ4n) is 1.05. The Balaban J connectivity index is 2.24. The third-order valence-corrected chi connectivity index (χ3v) is 2.18. The summed E-state index contributed by atoms with van der Waals surface area (Å²) in [5.41, 5.74) is 5.52. The van der Waals surface area contributed by atoms with Gasteiger partial charge in [0.1, 0.15) is 23.0 Å². The Hall–Kier alpha value is -1.11. The molecule has 0 radical (unpaired) electrons. The van der Waals surface area contributed by atoms with Crippen LogP contribution in [0.2, 0.25) is 5.02 Å². The Kier molecular flexibility index (Phi) is 5.84. The summed E-state index contributed by atoms with van der Waals surface area (Å²) in [5, 5.41) is 11.8. The Morgan fingerprint density at radius 3 is 3.00 bits per heavy atom. The van der Waals surface area contributed by atoms with Crippen molar-refractivity contribution in [2.45, 2.75) is 6.42 Å². The van der Waals surface area contributed by atoms with Gasteiger partial charge in [0.2, 0.25) is 0 Å². The largest absolute Gasteiger partial charge is 0.394 e. The molecule has 4 N–H and O–H groups in total. The summed E-state index contributed by atoms with van der Waals surface area (Å²) >= 11 is 5.88. The van der Waals surface area contributed by atoms with Crippen molar-refractivity contribution >= 4 is 23.2 Å². The molecule has 6 nitrogen and oxygen atoms in total. The van der Waals surface area contributed by atoms with E-state index in [1.807, 2.05) is 0 Å². The molecule has 16 heavy (non-hydrogen) atoms. The van der Waals surface area contributed by atoms with Crippen molar-refractivity contribution in [2.24, 2.45) is 0 Å². The molecule has 0 aromatic carbocycles. The maximum atomic E-state index is 8.48. The van der Waals surface area contributed by atoms with Crippen LogP contribution in [0.25, 0.3) is 0 Å². The highest BCUT2D eigenvalue weighted by Gasteiger charge is 2.04. The molecular weight excluding hydrogens is 232 g/mol. The molecule has 0 bridgehead atoms. The van der Waals surface area contributed by atoms with E-state index in [2.05, 4.69) is 15.3 Å². The molecule has 0 unspecified atom stereocenters. The molecule has 0 saturated carbocycles. The van der Waals surface area contributed by atoms with Gasteiger partial charge in [0.15, 0.2) is 0 Å². The number of anilines is 2. The maximum Gasteiger partial charge on any atom is 0.150 e. The molecular formula is C9H15ClN4O2. The third kappa shape index (κ3) is 4.18. The van der Waals surface area contributed by atoms with Crippen LogP contribution in [0.15, 0.2) is 6.33 Å². The molecule has 0 fully saturated rings. The van der Waals surface area contributed by atoms with Crippen molar-refractivity contribution < 1.29 is 9.84 Å². The average molecular weight is 247 g/mol. The Morgan fingerprint density at radius 1 is 1.44 bits per heavy atom. The summed E-state index contributed by atoms with van der Waals surface area (Å²) in [6.45, 7) is 1.65. The third-order valence-electron chi connectivity index (χ3n) is 1.81. The van der Waals surface area contributed by atoms with E-state index in [0.29, 0.717) is 30.6 Å².